The Labute approximate surface area is 126 Å². The van der Waals surface area contributed by atoms with Gasteiger partial charge < -0.3 is 0 Å². The van der Waals surface area contributed by atoms with E-state index >= 15 is 0 Å². The first kappa shape index (κ1) is 17.2. The number of carbonyl (C=O) groups is 1. The first-order valence-corrected chi connectivity index (χ1v) is 7.95. The van der Waals surface area contributed by atoms with Crippen LogP contribution in [0.3, 0.4) is 0 Å². The molecule has 0 heterocycles. The number of sulfonamides is 1. The molecule has 5 heteroatoms. The maximum absolute atomic E-state index is 12.6. The number of hydrogen-bond donors (Lipinski definition) is 0. The van der Waals surface area contributed by atoms with Gasteiger partial charge in [-0.05, 0) is 39.0 Å². The molecule has 1 aromatic rings. The zero-order chi connectivity index (χ0) is 15.9. The Kier molecular flexibility index (Phi) is 6.35. The molecule has 0 unspecified atom stereocenters. The van der Waals surface area contributed by atoms with E-state index in [1.165, 1.54) is 23.4 Å². The Morgan fingerprint density at radius 3 is 2.43 bits per heavy atom. The first-order valence-electron chi connectivity index (χ1n) is 6.51. The molecule has 0 bridgehead atoms. The lowest BCUT2D eigenvalue weighted by atomic mass is 10.2. The van der Waals surface area contributed by atoms with E-state index in [0.717, 1.165) is 5.56 Å². The monoisotopic (exact) mass is 305 g/mol. The Bertz CT molecular complexity index is 676. The largest absolute Gasteiger partial charge is 0.295 e. The summed E-state index contributed by atoms with van der Waals surface area (Å²) in [6.45, 7) is 5.18. The molecule has 0 saturated carbocycles. The molecule has 0 aromatic heterocycles. The van der Waals surface area contributed by atoms with Gasteiger partial charge in [0.1, 0.15) is 0 Å². The van der Waals surface area contributed by atoms with Crippen LogP contribution < -0.4 is 0 Å². The van der Waals surface area contributed by atoms with Crippen LogP contribution in [-0.2, 0) is 14.8 Å². The summed E-state index contributed by atoms with van der Waals surface area (Å²) in [6.07, 6.45) is 2.89. The summed E-state index contributed by atoms with van der Waals surface area (Å²) in [5, 5.41) is 0. The molecule has 4 nitrogen and oxygen atoms in total. The van der Waals surface area contributed by atoms with Gasteiger partial charge in [0, 0.05) is 6.54 Å². The number of allylic oxidation sites excluding steroid dienone is 1. The minimum atomic E-state index is -3.62. The van der Waals surface area contributed by atoms with E-state index in [-0.39, 0.29) is 23.8 Å². The molecular formula is C16H19NO3S. The molecular weight excluding hydrogens is 286 g/mol. The molecule has 0 N–H and O–H groups in total. The molecule has 0 spiro atoms. The van der Waals surface area contributed by atoms with Crippen molar-refractivity contribution in [2.75, 3.05) is 13.1 Å². The highest BCUT2D eigenvalue weighted by Gasteiger charge is 2.22. The second kappa shape index (κ2) is 7.77. The number of hydrogen-bond acceptors (Lipinski definition) is 3. The van der Waals surface area contributed by atoms with Gasteiger partial charge in [-0.15, -0.1) is 5.92 Å². The lowest BCUT2D eigenvalue weighted by molar-refractivity contribution is -0.112. The van der Waals surface area contributed by atoms with Crippen LogP contribution in [0.25, 0.3) is 0 Å². The molecule has 21 heavy (non-hydrogen) atoms. The van der Waals surface area contributed by atoms with Gasteiger partial charge in [0.2, 0.25) is 10.0 Å². The second-order valence-electron chi connectivity index (χ2n) is 4.55. The first-order chi connectivity index (χ1) is 9.87. The van der Waals surface area contributed by atoms with Crippen LogP contribution in [0.1, 0.15) is 19.4 Å². The molecule has 0 aliphatic rings. The van der Waals surface area contributed by atoms with E-state index in [0.29, 0.717) is 0 Å². The van der Waals surface area contributed by atoms with Gasteiger partial charge in [-0.3, -0.25) is 4.79 Å². The number of aryl methyl sites for hydroxylation is 1. The fourth-order valence-electron chi connectivity index (χ4n) is 1.61. The summed E-state index contributed by atoms with van der Waals surface area (Å²) >= 11 is 0. The minimum Gasteiger partial charge on any atom is -0.295 e. The highest BCUT2D eigenvalue weighted by molar-refractivity contribution is 7.89. The van der Waals surface area contributed by atoms with E-state index < -0.39 is 10.0 Å². The van der Waals surface area contributed by atoms with Crippen molar-refractivity contribution in [3.63, 3.8) is 0 Å². The topological polar surface area (TPSA) is 54.5 Å². The predicted molar refractivity (Wildman–Crippen MR) is 83.2 cm³/mol. The predicted octanol–water partition coefficient (Wildman–Crippen LogP) is 2.15. The normalized spacial score (nSPS) is 11.4. The van der Waals surface area contributed by atoms with Gasteiger partial charge in [-0.2, -0.15) is 4.31 Å². The van der Waals surface area contributed by atoms with Gasteiger partial charge >= 0.3 is 0 Å². The van der Waals surface area contributed by atoms with Crippen LogP contribution in [0.2, 0.25) is 0 Å². The highest BCUT2D eigenvalue weighted by atomic mass is 32.2. The Hall–Kier alpha value is -1.90. The third kappa shape index (κ3) is 5.18. The van der Waals surface area contributed by atoms with Crippen LogP contribution >= 0.6 is 0 Å². The molecule has 0 fully saturated rings. The van der Waals surface area contributed by atoms with Crippen molar-refractivity contribution in [3.8, 4) is 11.8 Å². The SMILES string of the molecule is CC#CCN(C/C=C/C(C)=O)S(=O)(=O)c1ccc(C)cc1. The molecule has 0 saturated heterocycles. The van der Waals surface area contributed by atoms with E-state index in [4.69, 9.17) is 0 Å². The van der Waals surface area contributed by atoms with Crippen molar-refractivity contribution in [2.24, 2.45) is 0 Å². The van der Waals surface area contributed by atoms with Gasteiger partial charge in [0.05, 0.1) is 11.4 Å². The lowest BCUT2D eigenvalue weighted by Gasteiger charge is -2.18. The summed E-state index contributed by atoms with van der Waals surface area (Å²) in [7, 11) is -3.62. The molecule has 0 radical (unpaired) electrons. The quantitative estimate of drug-likeness (QED) is 0.598. The van der Waals surface area contributed by atoms with E-state index in [1.807, 2.05) is 6.92 Å². The molecule has 112 valence electrons. The third-order valence-corrected chi connectivity index (χ3v) is 4.58. The zero-order valence-electron chi connectivity index (χ0n) is 12.5. The second-order valence-corrected chi connectivity index (χ2v) is 6.49. The van der Waals surface area contributed by atoms with E-state index in [2.05, 4.69) is 11.8 Å². The minimum absolute atomic E-state index is 0.0922. The summed E-state index contributed by atoms with van der Waals surface area (Å²) in [5.74, 6) is 5.31. The Morgan fingerprint density at radius 2 is 1.90 bits per heavy atom. The number of benzene rings is 1. The van der Waals surface area contributed by atoms with Crippen molar-refractivity contribution in [1.82, 2.24) is 4.31 Å². The Balaban J connectivity index is 3.06. The summed E-state index contributed by atoms with van der Waals surface area (Å²) in [6, 6.07) is 6.65. The fraction of sp³-hybridized carbons (Fsp3) is 0.312. The number of ketones is 1. The van der Waals surface area contributed by atoms with E-state index in [9.17, 15) is 13.2 Å². The van der Waals surface area contributed by atoms with Crippen molar-refractivity contribution < 1.29 is 13.2 Å². The molecule has 0 aliphatic heterocycles. The fourth-order valence-corrected chi connectivity index (χ4v) is 2.91. The molecule has 0 amide bonds. The average Bonchev–Trinajstić information content (AvgIpc) is 2.42. The van der Waals surface area contributed by atoms with E-state index in [1.54, 1.807) is 31.2 Å². The van der Waals surface area contributed by atoms with Crippen molar-refractivity contribution in [2.45, 2.75) is 25.7 Å². The van der Waals surface area contributed by atoms with Gasteiger partial charge in [-0.25, -0.2) is 8.42 Å². The lowest BCUT2D eigenvalue weighted by Crippen LogP contribution is -2.31. The molecule has 1 rings (SSSR count). The molecule has 1 aromatic carbocycles. The third-order valence-electron chi connectivity index (χ3n) is 2.75. The van der Waals surface area contributed by atoms with Crippen LogP contribution in [0.5, 0.6) is 0 Å². The zero-order valence-corrected chi connectivity index (χ0v) is 13.3. The highest BCUT2D eigenvalue weighted by Crippen LogP contribution is 2.16. The number of nitrogens with zero attached hydrogens (tertiary/aromatic N) is 1. The standard InChI is InChI=1S/C16H19NO3S/c1-4-5-12-17(13-6-7-15(3)18)21(19,20)16-10-8-14(2)9-11-16/h6-11H,12-13H2,1-3H3/b7-6+. The summed E-state index contributed by atoms with van der Waals surface area (Å²) < 4.78 is 26.4. The average molecular weight is 305 g/mol. The van der Waals surface area contributed by atoms with Crippen LogP contribution in [0.15, 0.2) is 41.3 Å². The Morgan fingerprint density at radius 1 is 1.29 bits per heavy atom. The van der Waals surface area contributed by atoms with Crippen molar-refractivity contribution in [3.05, 3.63) is 42.0 Å². The van der Waals surface area contributed by atoms with Crippen LogP contribution in [0.4, 0.5) is 0 Å². The van der Waals surface area contributed by atoms with Crippen LogP contribution in [-0.4, -0.2) is 31.6 Å². The van der Waals surface area contributed by atoms with Gasteiger partial charge in [0.25, 0.3) is 0 Å². The van der Waals surface area contributed by atoms with Crippen LogP contribution in [0, 0.1) is 18.8 Å². The molecule has 0 aliphatic carbocycles. The number of rotatable bonds is 6. The molecule has 0 atom stereocenters. The maximum Gasteiger partial charge on any atom is 0.244 e. The van der Waals surface area contributed by atoms with Crippen molar-refractivity contribution in [1.29, 1.82) is 0 Å². The van der Waals surface area contributed by atoms with Gasteiger partial charge in [0.15, 0.2) is 5.78 Å². The maximum atomic E-state index is 12.6. The smallest absolute Gasteiger partial charge is 0.244 e. The van der Waals surface area contributed by atoms with Crippen molar-refractivity contribution >= 4 is 15.8 Å². The van der Waals surface area contributed by atoms with Gasteiger partial charge in [-0.1, -0.05) is 29.7 Å². The number of carbonyl (C=O) groups excluding carboxylic acids is 1. The summed E-state index contributed by atoms with van der Waals surface area (Å²) in [5.41, 5.74) is 0.991. The summed E-state index contributed by atoms with van der Waals surface area (Å²) in [4.78, 5) is 11.1.